The zero-order valence-corrected chi connectivity index (χ0v) is 12.9. The second kappa shape index (κ2) is 9.11. The van der Waals surface area contributed by atoms with Crippen LogP contribution in [0.3, 0.4) is 0 Å². The summed E-state index contributed by atoms with van der Waals surface area (Å²) in [5.74, 6) is 5.46. The SMILES string of the molecule is CC(C)N(C)CCNC(=O)c1ncccc1C#CCCO. The minimum absolute atomic E-state index is 0.0102. The molecule has 1 rings (SSSR count). The zero-order valence-electron chi connectivity index (χ0n) is 12.9. The summed E-state index contributed by atoms with van der Waals surface area (Å²) in [6.07, 6.45) is 1.96. The quantitative estimate of drug-likeness (QED) is 0.763. The number of aromatic nitrogens is 1. The Bertz CT molecular complexity index is 518. The summed E-state index contributed by atoms with van der Waals surface area (Å²) in [5.41, 5.74) is 0.913. The molecule has 1 amide bonds. The fraction of sp³-hybridized carbons (Fsp3) is 0.500. The van der Waals surface area contributed by atoms with E-state index < -0.39 is 0 Å². The predicted octanol–water partition coefficient (Wildman–Crippen LogP) is 0.885. The highest BCUT2D eigenvalue weighted by atomic mass is 16.2. The summed E-state index contributed by atoms with van der Waals surface area (Å²) in [7, 11) is 2.02. The molecule has 2 N–H and O–H groups in total. The van der Waals surface area contributed by atoms with Crippen molar-refractivity contribution >= 4 is 5.91 Å². The number of hydrogen-bond donors (Lipinski definition) is 2. The van der Waals surface area contributed by atoms with Crippen molar-refractivity contribution in [3.63, 3.8) is 0 Å². The molecule has 0 aliphatic rings. The Morgan fingerprint density at radius 1 is 1.52 bits per heavy atom. The molecule has 0 saturated carbocycles. The van der Waals surface area contributed by atoms with E-state index in [4.69, 9.17) is 5.11 Å². The topological polar surface area (TPSA) is 65.5 Å². The van der Waals surface area contributed by atoms with Crippen molar-refractivity contribution < 1.29 is 9.90 Å². The lowest BCUT2D eigenvalue weighted by molar-refractivity contribution is 0.0943. The van der Waals surface area contributed by atoms with E-state index in [1.807, 2.05) is 7.05 Å². The monoisotopic (exact) mass is 289 g/mol. The van der Waals surface area contributed by atoms with E-state index >= 15 is 0 Å². The van der Waals surface area contributed by atoms with Crippen molar-refractivity contribution in [2.75, 3.05) is 26.7 Å². The number of likely N-dealkylation sites (N-methyl/N-ethyl adjacent to an activating group) is 1. The number of aliphatic hydroxyl groups is 1. The number of nitrogens with zero attached hydrogens (tertiary/aromatic N) is 2. The molecule has 0 aliphatic heterocycles. The highest BCUT2D eigenvalue weighted by Gasteiger charge is 2.11. The number of hydrogen-bond acceptors (Lipinski definition) is 4. The van der Waals surface area contributed by atoms with Gasteiger partial charge in [-0.15, -0.1) is 0 Å². The molecule has 0 saturated heterocycles. The van der Waals surface area contributed by atoms with E-state index in [2.05, 4.69) is 40.9 Å². The maximum atomic E-state index is 12.1. The molecule has 114 valence electrons. The van der Waals surface area contributed by atoms with Gasteiger partial charge in [0.15, 0.2) is 0 Å². The Labute approximate surface area is 126 Å². The van der Waals surface area contributed by atoms with Gasteiger partial charge in [-0.3, -0.25) is 4.79 Å². The lowest BCUT2D eigenvalue weighted by Gasteiger charge is -2.20. The molecular formula is C16H23N3O2. The van der Waals surface area contributed by atoms with Gasteiger partial charge in [0.2, 0.25) is 0 Å². The van der Waals surface area contributed by atoms with Crippen molar-refractivity contribution in [3.05, 3.63) is 29.6 Å². The van der Waals surface area contributed by atoms with E-state index in [1.54, 1.807) is 18.3 Å². The highest BCUT2D eigenvalue weighted by molar-refractivity contribution is 5.94. The van der Waals surface area contributed by atoms with Crippen molar-refractivity contribution in [3.8, 4) is 11.8 Å². The van der Waals surface area contributed by atoms with Gasteiger partial charge in [-0.2, -0.15) is 0 Å². The molecule has 1 aromatic heterocycles. The third-order valence-corrected chi connectivity index (χ3v) is 3.11. The Hall–Kier alpha value is -1.90. The number of carbonyl (C=O) groups excluding carboxylic acids is 1. The van der Waals surface area contributed by atoms with Crippen molar-refractivity contribution in [2.24, 2.45) is 0 Å². The van der Waals surface area contributed by atoms with Crippen molar-refractivity contribution in [1.82, 2.24) is 15.2 Å². The van der Waals surface area contributed by atoms with Crippen LogP contribution in [0.15, 0.2) is 18.3 Å². The molecule has 21 heavy (non-hydrogen) atoms. The summed E-state index contributed by atoms with van der Waals surface area (Å²) >= 11 is 0. The van der Waals surface area contributed by atoms with Crippen LogP contribution < -0.4 is 5.32 Å². The fourth-order valence-electron chi connectivity index (χ4n) is 1.59. The van der Waals surface area contributed by atoms with Gasteiger partial charge >= 0.3 is 0 Å². The van der Waals surface area contributed by atoms with Gasteiger partial charge in [0.25, 0.3) is 5.91 Å². The number of nitrogens with one attached hydrogen (secondary N) is 1. The van der Waals surface area contributed by atoms with E-state index in [1.165, 1.54) is 0 Å². The molecule has 0 aliphatic carbocycles. The second-order valence-electron chi connectivity index (χ2n) is 5.01. The minimum Gasteiger partial charge on any atom is -0.395 e. The normalized spacial score (nSPS) is 10.4. The maximum absolute atomic E-state index is 12.1. The average Bonchev–Trinajstić information content (AvgIpc) is 2.47. The van der Waals surface area contributed by atoms with E-state index in [0.717, 1.165) is 6.54 Å². The van der Waals surface area contributed by atoms with Crippen LogP contribution in [0.5, 0.6) is 0 Å². The fourth-order valence-corrected chi connectivity index (χ4v) is 1.59. The Morgan fingerprint density at radius 3 is 2.95 bits per heavy atom. The summed E-state index contributed by atoms with van der Waals surface area (Å²) < 4.78 is 0. The first-order valence-electron chi connectivity index (χ1n) is 7.09. The minimum atomic E-state index is -0.221. The first-order valence-corrected chi connectivity index (χ1v) is 7.09. The number of rotatable bonds is 6. The smallest absolute Gasteiger partial charge is 0.271 e. The first-order chi connectivity index (χ1) is 10.1. The molecule has 1 aromatic rings. The largest absolute Gasteiger partial charge is 0.395 e. The van der Waals surface area contributed by atoms with Crippen molar-refractivity contribution in [1.29, 1.82) is 0 Å². The van der Waals surface area contributed by atoms with Crippen LogP contribution in [0.25, 0.3) is 0 Å². The molecule has 0 bridgehead atoms. The van der Waals surface area contributed by atoms with Gasteiger partial charge in [0, 0.05) is 31.7 Å². The second-order valence-corrected chi connectivity index (χ2v) is 5.01. The van der Waals surface area contributed by atoms with E-state index in [-0.39, 0.29) is 12.5 Å². The third kappa shape index (κ3) is 5.94. The molecule has 0 fully saturated rings. The number of pyridine rings is 1. The molecule has 0 atom stereocenters. The summed E-state index contributed by atoms with van der Waals surface area (Å²) in [4.78, 5) is 18.4. The molecule has 0 unspecified atom stereocenters. The van der Waals surface area contributed by atoms with E-state index in [0.29, 0.717) is 30.3 Å². The zero-order chi connectivity index (χ0) is 15.7. The van der Waals surface area contributed by atoms with E-state index in [9.17, 15) is 4.79 Å². The Morgan fingerprint density at radius 2 is 2.29 bits per heavy atom. The van der Waals surface area contributed by atoms with Gasteiger partial charge in [0.1, 0.15) is 5.69 Å². The van der Waals surface area contributed by atoms with Crippen LogP contribution in [-0.4, -0.2) is 53.7 Å². The van der Waals surface area contributed by atoms with Crippen LogP contribution in [0, 0.1) is 11.8 Å². The molecular weight excluding hydrogens is 266 g/mol. The molecule has 0 radical (unpaired) electrons. The van der Waals surface area contributed by atoms with Gasteiger partial charge in [-0.25, -0.2) is 4.98 Å². The van der Waals surface area contributed by atoms with Crippen LogP contribution in [0.4, 0.5) is 0 Å². The molecule has 0 spiro atoms. The van der Waals surface area contributed by atoms with Gasteiger partial charge in [0.05, 0.1) is 12.2 Å². The first kappa shape index (κ1) is 17.2. The number of amides is 1. The molecule has 5 heteroatoms. The number of aliphatic hydroxyl groups excluding tert-OH is 1. The highest BCUT2D eigenvalue weighted by Crippen LogP contribution is 2.03. The average molecular weight is 289 g/mol. The summed E-state index contributed by atoms with van der Waals surface area (Å²) in [6, 6.07) is 3.94. The van der Waals surface area contributed by atoms with Gasteiger partial charge in [-0.1, -0.05) is 11.8 Å². The van der Waals surface area contributed by atoms with Crippen LogP contribution >= 0.6 is 0 Å². The summed E-state index contributed by atoms with van der Waals surface area (Å²) in [5, 5.41) is 11.6. The van der Waals surface area contributed by atoms with Crippen molar-refractivity contribution in [2.45, 2.75) is 26.3 Å². The van der Waals surface area contributed by atoms with Crippen LogP contribution in [0.2, 0.25) is 0 Å². The van der Waals surface area contributed by atoms with Gasteiger partial charge in [-0.05, 0) is 33.0 Å². The Kier molecular flexibility index (Phi) is 7.44. The standard InChI is InChI=1S/C16H23N3O2/c1-13(2)19(3)11-10-18-16(21)15-14(7-4-5-12-20)8-6-9-17-15/h6,8-9,13,20H,5,10-12H2,1-3H3,(H,18,21). The van der Waals surface area contributed by atoms with Gasteiger partial charge < -0.3 is 15.3 Å². The lowest BCUT2D eigenvalue weighted by Crippen LogP contribution is -2.36. The molecule has 1 heterocycles. The molecule has 0 aromatic carbocycles. The third-order valence-electron chi connectivity index (χ3n) is 3.11. The molecule has 5 nitrogen and oxygen atoms in total. The number of carbonyl (C=O) groups is 1. The maximum Gasteiger partial charge on any atom is 0.271 e. The predicted molar refractivity (Wildman–Crippen MR) is 82.9 cm³/mol. The Balaban J connectivity index is 2.64. The van der Waals surface area contributed by atoms with Crippen LogP contribution in [-0.2, 0) is 0 Å². The lowest BCUT2D eigenvalue weighted by atomic mass is 10.2. The van der Waals surface area contributed by atoms with Crippen LogP contribution in [0.1, 0.15) is 36.3 Å². The summed E-state index contributed by atoms with van der Waals surface area (Å²) in [6.45, 7) is 5.57.